The first-order valence-corrected chi connectivity index (χ1v) is 7.17. The van der Waals surface area contributed by atoms with E-state index in [0.29, 0.717) is 5.82 Å². The van der Waals surface area contributed by atoms with Crippen LogP contribution in [0.25, 0.3) is 0 Å². The van der Waals surface area contributed by atoms with E-state index >= 15 is 0 Å². The molecule has 1 N–H and O–H groups in total. The standard InChI is InChI=1S/C11H17BrF2N4O/c1-2-3-8(18-6-4-15-5-7-18)9-16-10(19-17-9)11(12,13)14/h8,15H,2-7H2,1H3. The Bertz CT molecular complexity index is 404. The van der Waals surface area contributed by atoms with Crippen LogP contribution in [0.1, 0.15) is 37.5 Å². The maximum atomic E-state index is 13.1. The second-order valence-corrected chi connectivity index (χ2v) is 5.54. The molecule has 8 heteroatoms. The summed E-state index contributed by atoms with van der Waals surface area (Å²) >= 11 is 2.23. The van der Waals surface area contributed by atoms with Gasteiger partial charge in [-0.25, -0.2) is 0 Å². The van der Waals surface area contributed by atoms with Gasteiger partial charge in [0.15, 0.2) is 5.82 Å². The van der Waals surface area contributed by atoms with Gasteiger partial charge in [0.1, 0.15) is 0 Å². The Hall–Kier alpha value is -0.600. The van der Waals surface area contributed by atoms with Crippen molar-refractivity contribution in [1.82, 2.24) is 20.4 Å². The number of hydrogen-bond acceptors (Lipinski definition) is 5. The molecule has 108 valence electrons. The topological polar surface area (TPSA) is 54.2 Å². The van der Waals surface area contributed by atoms with Gasteiger partial charge < -0.3 is 9.84 Å². The molecule has 5 nitrogen and oxygen atoms in total. The number of aromatic nitrogens is 2. The lowest BCUT2D eigenvalue weighted by atomic mass is 10.1. The largest absolute Gasteiger partial charge is 0.378 e. The smallest absolute Gasteiger partial charge is 0.331 e. The molecule has 0 spiro atoms. The zero-order valence-corrected chi connectivity index (χ0v) is 12.3. The maximum Gasteiger partial charge on any atom is 0.378 e. The van der Waals surface area contributed by atoms with Crippen LogP contribution in [-0.2, 0) is 4.83 Å². The molecule has 0 amide bonds. The predicted molar refractivity (Wildman–Crippen MR) is 69.2 cm³/mol. The molecule has 1 aliphatic heterocycles. The van der Waals surface area contributed by atoms with Gasteiger partial charge in [0, 0.05) is 42.1 Å². The Kier molecular flexibility index (Phi) is 4.86. The minimum Gasteiger partial charge on any atom is -0.331 e. The molecule has 1 unspecified atom stereocenters. The molecule has 1 fully saturated rings. The highest BCUT2D eigenvalue weighted by atomic mass is 79.9. The van der Waals surface area contributed by atoms with Crippen molar-refractivity contribution in [2.45, 2.75) is 30.6 Å². The molecule has 1 aliphatic rings. The van der Waals surface area contributed by atoms with Gasteiger partial charge in [0.2, 0.25) is 0 Å². The van der Waals surface area contributed by atoms with Gasteiger partial charge in [-0.1, -0.05) is 18.5 Å². The molecule has 2 heterocycles. The first-order chi connectivity index (χ1) is 9.02. The van der Waals surface area contributed by atoms with Crippen molar-refractivity contribution in [3.05, 3.63) is 11.7 Å². The van der Waals surface area contributed by atoms with E-state index in [0.717, 1.165) is 39.0 Å². The fraction of sp³-hybridized carbons (Fsp3) is 0.818. The lowest BCUT2D eigenvalue weighted by Crippen LogP contribution is -2.45. The number of halogens is 3. The molecule has 1 saturated heterocycles. The first kappa shape index (κ1) is 14.8. The van der Waals surface area contributed by atoms with Crippen molar-refractivity contribution in [1.29, 1.82) is 0 Å². The second kappa shape index (κ2) is 6.23. The third kappa shape index (κ3) is 3.70. The minimum absolute atomic E-state index is 0.0561. The van der Waals surface area contributed by atoms with Crippen LogP contribution in [0.5, 0.6) is 0 Å². The van der Waals surface area contributed by atoms with E-state index in [-0.39, 0.29) is 6.04 Å². The average Bonchev–Trinajstić information content (AvgIpc) is 2.86. The van der Waals surface area contributed by atoms with Crippen molar-refractivity contribution in [2.75, 3.05) is 26.2 Å². The van der Waals surface area contributed by atoms with Gasteiger partial charge in [-0.05, 0) is 6.42 Å². The lowest BCUT2D eigenvalue weighted by molar-refractivity contribution is 0.0725. The molecule has 0 radical (unpaired) electrons. The van der Waals surface area contributed by atoms with E-state index in [9.17, 15) is 8.78 Å². The van der Waals surface area contributed by atoms with E-state index in [1.165, 1.54) is 0 Å². The number of nitrogens with zero attached hydrogens (tertiary/aromatic N) is 3. The van der Waals surface area contributed by atoms with Crippen LogP contribution in [-0.4, -0.2) is 41.2 Å². The van der Waals surface area contributed by atoms with Gasteiger partial charge >= 0.3 is 10.7 Å². The number of hydrogen-bond donors (Lipinski definition) is 1. The Morgan fingerprint density at radius 1 is 1.47 bits per heavy atom. The Morgan fingerprint density at radius 3 is 2.68 bits per heavy atom. The molecule has 1 aromatic rings. The van der Waals surface area contributed by atoms with Crippen molar-refractivity contribution in [3.63, 3.8) is 0 Å². The summed E-state index contributed by atoms with van der Waals surface area (Å²) in [6.07, 6.45) is 1.76. The van der Waals surface area contributed by atoms with Gasteiger partial charge in [0.25, 0.3) is 0 Å². The number of nitrogens with one attached hydrogen (secondary N) is 1. The quantitative estimate of drug-likeness (QED) is 0.834. The summed E-state index contributed by atoms with van der Waals surface area (Å²) in [5.74, 6) is -0.336. The van der Waals surface area contributed by atoms with Crippen LogP contribution in [0, 0.1) is 0 Å². The monoisotopic (exact) mass is 338 g/mol. The van der Waals surface area contributed by atoms with E-state index in [1.807, 2.05) is 0 Å². The van der Waals surface area contributed by atoms with Gasteiger partial charge in [-0.15, -0.1) is 0 Å². The fourth-order valence-electron chi connectivity index (χ4n) is 2.23. The van der Waals surface area contributed by atoms with Crippen LogP contribution in [0.15, 0.2) is 4.52 Å². The van der Waals surface area contributed by atoms with E-state index in [4.69, 9.17) is 0 Å². The SMILES string of the molecule is CCCC(c1noc(C(F)(F)Br)n1)N1CCNCC1. The van der Waals surface area contributed by atoms with Crippen LogP contribution in [0.2, 0.25) is 0 Å². The highest BCUT2D eigenvalue weighted by Gasteiger charge is 2.36. The summed E-state index contributed by atoms with van der Waals surface area (Å²) in [5.41, 5.74) is 0. The molecule has 1 atom stereocenters. The maximum absolute atomic E-state index is 13.1. The fourth-order valence-corrected chi connectivity index (χ4v) is 2.39. The molecular formula is C11H17BrF2N4O. The summed E-state index contributed by atoms with van der Waals surface area (Å²) < 4.78 is 30.8. The molecule has 0 saturated carbocycles. The first-order valence-electron chi connectivity index (χ1n) is 6.38. The van der Waals surface area contributed by atoms with E-state index in [1.54, 1.807) is 0 Å². The molecule has 1 aromatic heterocycles. The summed E-state index contributed by atoms with van der Waals surface area (Å²) in [6.45, 7) is 5.55. The zero-order chi connectivity index (χ0) is 13.9. The van der Waals surface area contributed by atoms with E-state index < -0.39 is 10.7 Å². The number of rotatable bonds is 5. The van der Waals surface area contributed by atoms with Crippen molar-refractivity contribution in [3.8, 4) is 0 Å². The second-order valence-electron chi connectivity index (χ2n) is 4.55. The molecule has 0 aliphatic carbocycles. The zero-order valence-electron chi connectivity index (χ0n) is 10.7. The molecule has 2 rings (SSSR count). The Labute approximate surface area is 118 Å². The van der Waals surface area contributed by atoms with Crippen LogP contribution in [0.3, 0.4) is 0 Å². The summed E-state index contributed by atoms with van der Waals surface area (Å²) in [4.78, 5) is 2.78. The summed E-state index contributed by atoms with van der Waals surface area (Å²) in [7, 11) is 0. The Balaban J connectivity index is 2.16. The van der Waals surface area contributed by atoms with Gasteiger partial charge in [0.05, 0.1) is 6.04 Å². The number of alkyl halides is 3. The van der Waals surface area contributed by atoms with Crippen LogP contribution in [0.4, 0.5) is 8.78 Å². The molecule has 0 bridgehead atoms. The number of piperazine rings is 1. The highest BCUT2D eigenvalue weighted by Crippen LogP contribution is 2.34. The van der Waals surface area contributed by atoms with Crippen LogP contribution < -0.4 is 5.32 Å². The van der Waals surface area contributed by atoms with Crippen molar-refractivity contribution < 1.29 is 13.3 Å². The predicted octanol–water partition coefficient (Wildman–Crippen LogP) is 2.26. The third-order valence-electron chi connectivity index (χ3n) is 3.14. The Morgan fingerprint density at radius 2 is 2.16 bits per heavy atom. The summed E-state index contributed by atoms with van der Waals surface area (Å²) in [5, 5.41) is 6.98. The van der Waals surface area contributed by atoms with Gasteiger partial charge in [-0.3, -0.25) is 4.90 Å². The van der Waals surface area contributed by atoms with E-state index in [2.05, 4.69) is 47.7 Å². The molecule has 0 aromatic carbocycles. The minimum atomic E-state index is -3.27. The average molecular weight is 339 g/mol. The molecule has 19 heavy (non-hydrogen) atoms. The van der Waals surface area contributed by atoms with Gasteiger partial charge in [-0.2, -0.15) is 13.8 Å². The normalized spacial score (nSPS) is 19.6. The lowest BCUT2D eigenvalue weighted by Gasteiger charge is -2.33. The third-order valence-corrected chi connectivity index (χ3v) is 3.48. The summed E-state index contributed by atoms with van der Waals surface area (Å²) in [6, 6.07) is -0.0561. The van der Waals surface area contributed by atoms with Crippen LogP contribution >= 0.6 is 15.9 Å². The highest BCUT2D eigenvalue weighted by molar-refractivity contribution is 9.09. The van der Waals surface area contributed by atoms with Crippen molar-refractivity contribution >= 4 is 15.9 Å². The van der Waals surface area contributed by atoms with Crippen molar-refractivity contribution in [2.24, 2.45) is 0 Å². The molecular weight excluding hydrogens is 322 g/mol.